The Balaban J connectivity index is 2.00. The molecule has 1 aliphatic rings. The predicted octanol–water partition coefficient (Wildman–Crippen LogP) is 2.86. The SMILES string of the molecule is COC(=O)C1Cc2ccc(OC)c(c2)-c2cc(ccc2OC)[C@H](N(C)C(=O)[C@@H](N)C(C)CCCNC(=O)OC(C)(C)C)C(=O)N[C@@H](C)C(=O)N1. The van der Waals surface area contributed by atoms with Crippen molar-refractivity contribution in [1.82, 2.24) is 20.9 Å². The van der Waals surface area contributed by atoms with Crippen LogP contribution in [-0.2, 0) is 35.1 Å². The summed E-state index contributed by atoms with van der Waals surface area (Å²) in [6, 6.07) is 6.09. The van der Waals surface area contributed by atoms with Crippen LogP contribution in [0.15, 0.2) is 36.4 Å². The van der Waals surface area contributed by atoms with Gasteiger partial charge >= 0.3 is 12.1 Å². The van der Waals surface area contributed by atoms with Gasteiger partial charge in [-0.2, -0.15) is 0 Å². The van der Waals surface area contributed by atoms with Crippen molar-refractivity contribution in [1.29, 1.82) is 0 Å². The number of nitrogens with one attached hydrogen (secondary N) is 3. The summed E-state index contributed by atoms with van der Waals surface area (Å²) in [5.41, 5.74) is 8.16. The van der Waals surface area contributed by atoms with Crippen LogP contribution in [0.2, 0.25) is 0 Å². The molecule has 0 radical (unpaired) electrons. The molecule has 0 aromatic heterocycles. The van der Waals surface area contributed by atoms with Crippen molar-refractivity contribution in [3.05, 3.63) is 47.5 Å². The summed E-state index contributed by atoms with van der Waals surface area (Å²) >= 11 is 0. The van der Waals surface area contributed by atoms with Gasteiger partial charge in [-0.05, 0) is 81.8 Å². The van der Waals surface area contributed by atoms with Crippen LogP contribution in [0.25, 0.3) is 11.1 Å². The van der Waals surface area contributed by atoms with Crippen LogP contribution in [-0.4, -0.2) is 93.3 Å². The fraction of sp³-hybridized carbons (Fsp3) is 0.528. The third-order valence-electron chi connectivity index (χ3n) is 8.47. The van der Waals surface area contributed by atoms with E-state index >= 15 is 0 Å². The van der Waals surface area contributed by atoms with E-state index < -0.39 is 59.6 Å². The fourth-order valence-electron chi connectivity index (χ4n) is 5.69. The molecule has 5 N–H and O–H groups in total. The summed E-state index contributed by atoms with van der Waals surface area (Å²) in [6.07, 6.45) is 0.619. The van der Waals surface area contributed by atoms with Crippen LogP contribution < -0.4 is 31.2 Å². The Bertz CT molecular complexity index is 1560. The molecule has 1 heterocycles. The van der Waals surface area contributed by atoms with Crippen LogP contribution in [0.1, 0.15) is 64.6 Å². The number of esters is 1. The number of carbonyl (C=O) groups is 5. The van der Waals surface area contributed by atoms with E-state index in [1.165, 1.54) is 40.2 Å². The van der Waals surface area contributed by atoms with Gasteiger partial charge in [-0.25, -0.2) is 9.59 Å². The van der Waals surface area contributed by atoms with E-state index in [4.69, 9.17) is 24.7 Å². The highest BCUT2D eigenvalue weighted by Gasteiger charge is 2.36. The van der Waals surface area contributed by atoms with Gasteiger partial charge in [0.25, 0.3) is 0 Å². The fourth-order valence-corrected chi connectivity index (χ4v) is 5.69. The number of hydrogen-bond donors (Lipinski definition) is 4. The molecule has 2 aromatic carbocycles. The van der Waals surface area contributed by atoms with Crippen molar-refractivity contribution in [3.8, 4) is 22.6 Å². The lowest BCUT2D eigenvalue weighted by molar-refractivity contribution is -0.145. The number of nitrogens with two attached hydrogens (primary N) is 1. The minimum absolute atomic E-state index is 0.102. The third kappa shape index (κ3) is 10.1. The van der Waals surface area contributed by atoms with Gasteiger partial charge in [-0.15, -0.1) is 0 Å². The van der Waals surface area contributed by atoms with E-state index in [1.807, 2.05) is 13.0 Å². The molecule has 0 aliphatic carbocycles. The first-order valence-corrected chi connectivity index (χ1v) is 16.5. The summed E-state index contributed by atoms with van der Waals surface area (Å²) in [4.78, 5) is 67.3. The maximum atomic E-state index is 14.1. The van der Waals surface area contributed by atoms with Gasteiger partial charge in [0.05, 0.1) is 27.4 Å². The first-order chi connectivity index (χ1) is 23.5. The number of benzene rings is 2. The van der Waals surface area contributed by atoms with E-state index in [1.54, 1.807) is 51.1 Å². The predicted molar refractivity (Wildman–Crippen MR) is 186 cm³/mol. The topological polar surface area (TPSA) is 188 Å². The second-order valence-electron chi connectivity index (χ2n) is 13.4. The molecule has 3 rings (SSSR count). The van der Waals surface area contributed by atoms with Crippen molar-refractivity contribution >= 4 is 29.8 Å². The van der Waals surface area contributed by atoms with Gasteiger partial charge in [0, 0.05) is 31.1 Å². The number of ether oxygens (including phenoxy) is 4. The quantitative estimate of drug-likeness (QED) is 0.212. The molecule has 0 saturated carbocycles. The van der Waals surface area contributed by atoms with Gasteiger partial charge in [-0.3, -0.25) is 14.4 Å². The number of hydrogen-bond acceptors (Lipinski definition) is 10. The van der Waals surface area contributed by atoms with Gasteiger partial charge in [0.2, 0.25) is 17.7 Å². The molecule has 4 bridgehead atoms. The molecule has 50 heavy (non-hydrogen) atoms. The summed E-state index contributed by atoms with van der Waals surface area (Å²) < 4.78 is 21.6. The largest absolute Gasteiger partial charge is 0.496 e. The molecule has 14 heteroatoms. The Morgan fingerprint density at radius 2 is 1.60 bits per heavy atom. The molecule has 2 unspecified atom stereocenters. The number of methoxy groups -OCH3 is 3. The number of rotatable bonds is 10. The molecule has 14 nitrogen and oxygen atoms in total. The Labute approximate surface area is 293 Å². The lowest BCUT2D eigenvalue weighted by Crippen LogP contribution is -2.54. The Morgan fingerprint density at radius 1 is 0.980 bits per heavy atom. The van der Waals surface area contributed by atoms with Gasteiger partial charge in [0.1, 0.15) is 35.2 Å². The van der Waals surface area contributed by atoms with Crippen molar-refractivity contribution in [3.63, 3.8) is 0 Å². The number of carbonyl (C=O) groups excluding carboxylic acids is 5. The molecular weight excluding hydrogens is 646 g/mol. The number of nitrogens with zero attached hydrogens (tertiary/aromatic N) is 1. The molecule has 0 saturated heterocycles. The second kappa shape index (κ2) is 17.2. The lowest BCUT2D eigenvalue weighted by Gasteiger charge is -2.33. The summed E-state index contributed by atoms with van der Waals surface area (Å²) in [6.45, 7) is 8.97. The zero-order valence-corrected chi connectivity index (χ0v) is 30.4. The van der Waals surface area contributed by atoms with E-state index in [9.17, 15) is 24.0 Å². The first kappa shape index (κ1) is 39.6. The summed E-state index contributed by atoms with van der Waals surface area (Å²) in [7, 11) is 5.74. The zero-order chi connectivity index (χ0) is 37.3. The van der Waals surface area contributed by atoms with Gasteiger partial charge in [0.15, 0.2) is 0 Å². The van der Waals surface area contributed by atoms with Gasteiger partial charge < -0.3 is 45.5 Å². The highest BCUT2D eigenvalue weighted by molar-refractivity contribution is 5.95. The van der Waals surface area contributed by atoms with Crippen molar-refractivity contribution in [2.75, 3.05) is 34.9 Å². The molecule has 0 fully saturated rings. The normalized spacial score (nSPS) is 19.0. The maximum Gasteiger partial charge on any atom is 0.407 e. The molecule has 4 amide bonds. The third-order valence-corrected chi connectivity index (χ3v) is 8.47. The maximum absolute atomic E-state index is 14.1. The summed E-state index contributed by atoms with van der Waals surface area (Å²) in [5, 5.41) is 8.09. The average molecular weight is 698 g/mol. The number of fused-ring (bicyclic) bond motifs is 5. The molecule has 2 aromatic rings. The Kier molecular flexibility index (Phi) is 13.6. The minimum Gasteiger partial charge on any atom is -0.496 e. The lowest BCUT2D eigenvalue weighted by atomic mass is 9.92. The van der Waals surface area contributed by atoms with Crippen molar-refractivity contribution < 1.29 is 42.9 Å². The van der Waals surface area contributed by atoms with Crippen molar-refractivity contribution in [2.24, 2.45) is 11.7 Å². The number of likely N-dealkylation sites (N-methyl/N-ethyl adjacent to an activating group) is 1. The molecule has 274 valence electrons. The number of alkyl carbamates (subject to hydrolysis) is 1. The minimum atomic E-state index is -1.22. The van der Waals surface area contributed by atoms with E-state index in [-0.39, 0.29) is 12.3 Å². The van der Waals surface area contributed by atoms with E-state index in [2.05, 4.69) is 16.0 Å². The first-order valence-electron chi connectivity index (χ1n) is 16.5. The second-order valence-corrected chi connectivity index (χ2v) is 13.4. The highest BCUT2D eigenvalue weighted by atomic mass is 16.6. The van der Waals surface area contributed by atoms with Crippen molar-refractivity contribution in [2.45, 2.75) is 83.6 Å². The van der Waals surface area contributed by atoms with Crippen LogP contribution in [0, 0.1) is 5.92 Å². The van der Waals surface area contributed by atoms with E-state index in [0.29, 0.717) is 53.1 Å². The van der Waals surface area contributed by atoms with Gasteiger partial charge in [-0.1, -0.05) is 19.1 Å². The highest BCUT2D eigenvalue weighted by Crippen LogP contribution is 2.39. The standard InChI is InChI=1S/C36H51N5O9/c1-20(11-10-16-38-35(46)50-36(3,4)5)29(37)33(44)41(6)30-23-13-15-28(48-8)25(19-23)24-17-22(12-14-27(24)47-7)18-26(34(45)49-9)40-31(42)21(2)39-32(30)43/h12-15,17,19-21,26,29-30H,10-11,16,18,37H2,1-9H3,(H,38,46)(H,39,43)(H,40,42)/t20?,21-,26?,29-,30-/m0/s1. The number of amides is 4. The van der Waals surface area contributed by atoms with Crippen LogP contribution in [0.4, 0.5) is 4.79 Å². The Morgan fingerprint density at radius 3 is 2.20 bits per heavy atom. The average Bonchev–Trinajstić information content (AvgIpc) is 3.07. The molecule has 0 spiro atoms. The van der Waals surface area contributed by atoms with E-state index in [0.717, 1.165) is 0 Å². The van der Waals surface area contributed by atoms with Crippen LogP contribution in [0.3, 0.4) is 0 Å². The molecule has 5 atom stereocenters. The van der Waals surface area contributed by atoms with Crippen LogP contribution in [0.5, 0.6) is 11.5 Å². The summed E-state index contributed by atoms with van der Waals surface area (Å²) in [5.74, 6) is -1.77. The molecular formula is C36H51N5O9. The Hall–Kier alpha value is -4.85. The smallest absolute Gasteiger partial charge is 0.407 e. The van der Waals surface area contributed by atoms with Crippen LogP contribution >= 0.6 is 0 Å². The monoisotopic (exact) mass is 697 g/mol. The molecule has 1 aliphatic heterocycles. The zero-order valence-electron chi connectivity index (χ0n) is 30.4.